The molecule has 2 N–H and O–H groups in total. The molecule has 1 rings (SSSR count). The van der Waals surface area contributed by atoms with E-state index in [1.54, 1.807) is 0 Å². The van der Waals surface area contributed by atoms with Gasteiger partial charge in [0.2, 0.25) is 0 Å². The summed E-state index contributed by atoms with van der Waals surface area (Å²) >= 11 is 0. The van der Waals surface area contributed by atoms with Crippen molar-refractivity contribution in [3.63, 3.8) is 0 Å². The van der Waals surface area contributed by atoms with E-state index in [9.17, 15) is 9.18 Å². The normalized spacial score (nSPS) is 9.64. The first-order chi connectivity index (χ1) is 6.60. The van der Waals surface area contributed by atoms with Gasteiger partial charge in [0.15, 0.2) is 0 Å². The van der Waals surface area contributed by atoms with Gasteiger partial charge in [0.25, 0.3) is 0 Å². The maximum absolute atomic E-state index is 13.0. The highest BCUT2D eigenvalue weighted by Crippen LogP contribution is 2.24. The number of nitrogens with two attached hydrogens (primary N) is 1. The summed E-state index contributed by atoms with van der Waals surface area (Å²) in [5, 5.41) is 0. The molecule has 0 atom stereocenters. The van der Waals surface area contributed by atoms with Crippen molar-refractivity contribution in [1.82, 2.24) is 0 Å². The summed E-state index contributed by atoms with van der Waals surface area (Å²) in [5.41, 5.74) is 5.28. The Morgan fingerprint density at radius 1 is 1.43 bits per heavy atom. The summed E-state index contributed by atoms with van der Waals surface area (Å²) in [6.45, 7) is 0. The first-order valence-corrected chi connectivity index (χ1v) is 3.81. The number of ether oxygens (including phenoxy) is 2. The van der Waals surface area contributed by atoms with Crippen molar-refractivity contribution in [2.45, 2.75) is 0 Å². The van der Waals surface area contributed by atoms with Gasteiger partial charge in [-0.25, -0.2) is 9.18 Å². The fraction of sp³-hybridized carbons (Fsp3) is 0.222. The maximum atomic E-state index is 13.0. The number of hydrogen-bond donors (Lipinski definition) is 1. The van der Waals surface area contributed by atoms with Gasteiger partial charge in [-0.1, -0.05) is 0 Å². The van der Waals surface area contributed by atoms with E-state index in [-0.39, 0.29) is 17.0 Å². The van der Waals surface area contributed by atoms with Crippen LogP contribution in [0.1, 0.15) is 10.4 Å². The number of hydrogen-bond acceptors (Lipinski definition) is 4. The molecule has 0 saturated heterocycles. The van der Waals surface area contributed by atoms with Gasteiger partial charge in [0, 0.05) is 6.07 Å². The minimum Gasteiger partial charge on any atom is -0.496 e. The predicted octanol–water partition coefficient (Wildman–Crippen LogP) is 1.20. The van der Waals surface area contributed by atoms with Crippen LogP contribution in [0.25, 0.3) is 0 Å². The maximum Gasteiger partial charge on any atom is 0.341 e. The van der Waals surface area contributed by atoms with Crippen molar-refractivity contribution < 1.29 is 18.7 Å². The molecule has 0 unspecified atom stereocenters. The van der Waals surface area contributed by atoms with Crippen LogP contribution in [0.15, 0.2) is 12.1 Å². The molecular weight excluding hydrogens is 189 g/mol. The zero-order valence-corrected chi connectivity index (χ0v) is 7.83. The van der Waals surface area contributed by atoms with Gasteiger partial charge in [-0.3, -0.25) is 0 Å². The average Bonchev–Trinajstić information content (AvgIpc) is 2.20. The third-order valence-electron chi connectivity index (χ3n) is 1.72. The van der Waals surface area contributed by atoms with Crippen LogP contribution in [0, 0.1) is 5.82 Å². The third-order valence-corrected chi connectivity index (χ3v) is 1.72. The number of nitrogen functional groups attached to an aromatic ring is 1. The zero-order chi connectivity index (χ0) is 10.7. The van der Waals surface area contributed by atoms with Gasteiger partial charge < -0.3 is 15.2 Å². The Morgan fingerprint density at radius 2 is 2.07 bits per heavy atom. The molecule has 0 spiro atoms. The second-order valence-electron chi connectivity index (χ2n) is 2.57. The van der Waals surface area contributed by atoms with Crippen molar-refractivity contribution in [3.05, 3.63) is 23.5 Å². The van der Waals surface area contributed by atoms with E-state index in [4.69, 9.17) is 10.5 Å². The number of carbonyl (C=O) groups is 1. The van der Waals surface area contributed by atoms with Gasteiger partial charge in [-0.05, 0) is 6.07 Å². The number of halogens is 1. The van der Waals surface area contributed by atoms with Gasteiger partial charge in [0.05, 0.1) is 19.9 Å². The number of esters is 1. The molecule has 5 heteroatoms. The molecule has 0 heterocycles. The van der Waals surface area contributed by atoms with E-state index in [1.165, 1.54) is 20.3 Å². The molecule has 0 amide bonds. The molecule has 0 aliphatic carbocycles. The van der Waals surface area contributed by atoms with Crippen molar-refractivity contribution in [2.75, 3.05) is 20.0 Å². The lowest BCUT2D eigenvalue weighted by atomic mass is 10.1. The summed E-state index contributed by atoms with van der Waals surface area (Å²) in [6, 6.07) is 2.22. The standard InChI is InChI=1S/C9H10FNO3/c1-13-8-4-6(10)7(11)3-5(8)9(12)14-2/h3-4H,11H2,1-2H3. The van der Waals surface area contributed by atoms with Gasteiger partial charge >= 0.3 is 5.97 Å². The SMILES string of the molecule is COC(=O)c1cc(N)c(F)cc1OC. The fourth-order valence-corrected chi connectivity index (χ4v) is 1.01. The fourth-order valence-electron chi connectivity index (χ4n) is 1.01. The Bertz CT molecular complexity index is 365. The minimum absolute atomic E-state index is 0.101. The highest BCUT2D eigenvalue weighted by atomic mass is 19.1. The van der Waals surface area contributed by atoms with E-state index in [0.717, 1.165) is 6.07 Å². The molecule has 0 aromatic heterocycles. The van der Waals surface area contributed by atoms with Crippen molar-refractivity contribution in [1.29, 1.82) is 0 Å². The number of rotatable bonds is 2. The van der Waals surface area contributed by atoms with Crippen LogP contribution >= 0.6 is 0 Å². The summed E-state index contributed by atoms with van der Waals surface area (Å²) in [5.74, 6) is -1.15. The predicted molar refractivity (Wildman–Crippen MR) is 48.7 cm³/mol. The van der Waals surface area contributed by atoms with Gasteiger partial charge in [-0.2, -0.15) is 0 Å². The van der Waals surface area contributed by atoms with Gasteiger partial charge in [-0.15, -0.1) is 0 Å². The Balaban J connectivity index is 3.27. The van der Waals surface area contributed by atoms with Crippen LogP contribution in [-0.2, 0) is 4.74 Å². The van der Waals surface area contributed by atoms with E-state index < -0.39 is 11.8 Å². The first-order valence-electron chi connectivity index (χ1n) is 3.81. The summed E-state index contributed by atoms with van der Waals surface area (Å²) in [7, 11) is 2.55. The van der Waals surface area contributed by atoms with Crippen LogP contribution in [-0.4, -0.2) is 20.2 Å². The Hall–Kier alpha value is -1.78. The topological polar surface area (TPSA) is 61.5 Å². The lowest BCUT2D eigenvalue weighted by molar-refractivity contribution is 0.0597. The highest BCUT2D eigenvalue weighted by molar-refractivity contribution is 5.93. The van der Waals surface area contributed by atoms with Crippen molar-refractivity contribution in [3.8, 4) is 5.75 Å². The monoisotopic (exact) mass is 199 g/mol. The van der Waals surface area contributed by atoms with Crippen LogP contribution in [0.3, 0.4) is 0 Å². The Kier molecular flexibility index (Phi) is 2.91. The Labute approximate surface area is 80.4 Å². The zero-order valence-electron chi connectivity index (χ0n) is 7.83. The van der Waals surface area contributed by atoms with E-state index in [1.807, 2.05) is 0 Å². The molecule has 1 aromatic carbocycles. The molecule has 0 saturated carbocycles. The molecule has 4 nitrogen and oxygen atoms in total. The van der Waals surface area contributed by atoms with E-state index in [2.05, 4.69) is 4.74 Å². The molecule has 1 aromatic rings. The molecule has 0 radical (unpaired) electrons. The lowest BCUT2D eigenvalue weighted by Crippen LogP contribution is -2.06. The highest BCUT2D eigenvalue weighted by Gasteiger charge is 2.15. The number of anilines is 1. The first kappa shape index (κ1) is 10.3. The van der Waals surface area contributed by atoms with Gasteiger partial charge in [0.1, 0.15) is 17.1 Å². The van der Waals surface area contributed by atoms with Crippen molar-refractivity contribution in [2.24, 2.45) is 0 Å². The minimum atomic E-state index is -0.630. The number of methoxy groups -OCH3 is 2. The average molecular weight is 199 g/mol. The Morgan fingerprint density at radius 3 is 2.57 bits per heavy atom. The van der Waals surface area contributed by atoms with Crippen LogP contribution in [0.5, 0.6) is 5.75 Å². The van der Waals surface area contributed by atoms with Crippen LogP contribution < -0.4 is 10.5 Å². The van der Waals surface area contributed by atoms with E-state index in [0.29, 0.717) is 0 Å². The molecule has 0 fully saturated rings. The summed E-state index contributed by atoms with van der Waals surface area (Å²) < 4.78 is 22.2. The number of benzene rings is 1. The molecular formula is C9H10FNO3. The molecule has 0 aliphatic heterocycles. The van der Waals surface area contributed by atoms with Crippen LogP contribution in [0.2, 0.25) is 0 Å². The molecule has 14 heavy (non-hydrogen) atoms. The molecule has 0 bridgehead atoms. The summed E-state index contributed by atoms with van der Waals surface area (Å²) in [6.07, 6.45) is 0. The largest absolute Gasteiger partial charge is 0.496 e. The quantitative estimate of drug-likeness (QED) is 0.574. The summed E-state index contributed by atoms with van der Waals surface area (Å²) in [4.78, 5) is 11.2. The number of carbonyl (C=O) groups excluding carboxylic acids is 1. The lowest BCUT2D eigenvalue weighted by Gasteiger charge is -2.07. The second-order valence-corrected chi connectivity index (χ2v) is 2.57. The van der Waals surface area contributed by atoms with Crippen LogP contribution in [0.4, 0.5) is 10.1 Å². The second kappa shape index (κ2) is 3.95. The van der Waals surface area contributed by atoms with Crippen molar-refractivity contribution >= 4 is 11.7 Å². The third kappa shape index (κ3) is 1.76. The van der Waals surface area contributed by atoms with E-state index >= 15 is 0 Å². The molecule has 76 valence electrons. The molecule has 0 aliphatic rings. The smallest absolute Gasteiger partial charge is 0.341 e.